The molecule has 1 aromatic rings. The van der Waals surface area contributed by atoms with Crippen LogP contribution in [0, 0.1) is 0 Å². The van der Waals surface area contributed by atoms with E-state index in [2.05, 4.69) is 50.2 Å². The van der Waals surface area contributed by atoms with E-state index in [1.165, 1.54) is 0 Å². The Morgan fingerprint density at radius 2 is 2.05 bits per heavy atom. The zero-order valence-corrected chi connectivity index (χ0v) is 14.8. The molecule has 0 saturated carbocycles. The molecule has 1 atom stereocenters. The van der Waals surface area contributed by atoms with Crippen LogP contribution in [0.4, 0.5) is 0 Å². The van der Waals surface area contributed by atoms with Crippen molar-refractivity contribution >= 4 is 21.8 Å². The molecule has 3 heterocycles. The van der Waals surface area contributed by atoms with E-state index in [4.69, 9.17) is 0 Å². The molecule has 7 heteroatoms. The van der Waals surface area contributed by atoms with Crippen molar-refractivity contribution in [3.63, 3.8) is 0 Å². The van der Waals surface area contributed by atoms with Gasteiger partial charge in [-0.05, 0) is 28.3 Å². The quantitative estimate of drug-likeness (QED) is 0.845. The Hall–Kier alpha value is -0.920. The number of amides is 1. The third kappa shape index (κ3) is 3.07. The lowest BCUT2D eigenvalue weighted by atomic mass is 10.1. The summed E-state index contributed by atoms with van der Waals surface area (Å²) in [6.07, 6.45) is 1.06. The highest BCUT2D eigenvalue weighted by Crippen LogP contribution is 2.27. The minimum Gasteiger partial charge on any atom is -0.336 e. The minimum atomic E-state index is 0.0349. The van der Waals surface area contributed by atoms with Crippen molar-refractivity contribution in [3.05, 3.63) is 15.9 Å². The second kappa shape index (κ2) is 6.68. The van der Waals surface area contributed by atoms with Crippen molar-refractivity contribution in [2.24, 2.45) is 0 Å². The van der Waals surface area contributed by atoms with Crippen molar-refractivity contribution in [2.45, 2.75) is 32.2 Å². The van der Waals surface area contributed by atoms with Crippen molar-refractivity contribution < 1.29 is 4.79 Å². The summed E-state index contributed by atoms with van der Waals surface area (Å²) in [5, 5.41) is 10.6. The first-order valence-electron chi connectivity index (χ1n) is 8.05. The fourth-order valence-corrected chi connectivity index (χ4v) is 4.09. The van der Waals surface area contributed by atoms with E-state index in [0.717, 1.165) is 55.9 Å². The number of carbonyl (C=O) groups is 1. The van der Waals surface area contributed by atoms with Gasteiger partial charge in [-0.2, -0.15) is 5.10 Å². The van der Waals surface area contributed by atoms with E-state index in [0.29, 0.717) is 17.7 Å². The fraction of sp³-hybridized carbons (Fsp3) is 0.733. The van der Waals surface area contributed by atoms with Gasteiger partial charge in [-0.1, -0.05) is 13.8 Å². The maximum atomic E-state index is 12.7. The number of aromatic amines is 1. The number of piperazine rings is 1. The molecule has 0 radical (unpaired) electrons. The van der Waals surface area contributed by atoms with E-state index in [-0.39, 0.29) is 5.91 Å². The van der Waals surface area contributed by atoms with Crippen molar-refractivity contribution in [2.75, 3.05) is 39.3 Å². The number of hydrogen-bond acceptors (Lipinski definition) is 4. The summed E-state index contributed by atoms with van der Waals surface area (Å²) >= 11 is 3.53. The molecule has 3 rings (SSSR count). The SMILES string of the molecule is CC(C)c1[nH]nc(C(=O)N2CCC(N3CCNCC3)C2)c1Br. The van der Waals surface area contributed by atoms with Gasteiger partial charge in [-0.3, -0.25) is 14.8 Å². The standard InChI is InChI=1S/C15H24BrN5O/c1-10(2)13-12(16)14(19-18-13)15(22)21-6-3-11(9-21)20-7-4-17-5-8-20/h10-11,17H,3-9H2,1-2H3,(H,18,19). The number of likely N-dealkylation sites (tertiary alicyclic amines) is 1. The van der Waals surface area contributed by atoms with Crippen LogP contribution in [-0.2, 0) is 0 Å². The molecular formula is C15H24BrN5O. The lowest BCUT2D eigenvalue weighted by Gasteiger charge is -2.32. The molecule has 2 aliphatic rings. The highest BCUT2D eigenvalue weighted by molar-refractivity contribution is 9.10. The topological polar surface area (TPSA) is 64.3 Å². The molecule has 0 aliphatic carbocycles. The van der Waals surface area contributed by atoms with E-state index in [9.17, 15) is 4.79 Å². The second-order valence-electron chi connectivity index (χ2n) is 6.43. The van der Waals surface area contributed by atoms with E-state index in [1.54, 1.807) is 0 Å². The number of carbonyl (C=O) groups excluding carboxylic acids is 1. The number of hydrogen-bond donors (Lipinski definition) is 2. The van der Waals surface area contributed by atoms with Crippen molar-refractivity contribution in [1.82, 2.24) is 25.3 Å². The van der Waals surface area contributed by atoms with Gasteiger partial charge in [0, 0.05) is 45.3 Å². The normalized spacial score (nSPS) is 23.5. The first kappa shape index (κ1) is 16.0. The van der Waals surface area contributed by atoms with Gasteiger partial charge in [0.25, 0.3) is 5.91 Å². The Balaban J connectivity index is 1.66. The van der Waals surface area contributed by atoms with Crippen LogP contribution >= 0.6 is 15.9 Å². The van der Waals surface area contributed by atoms with Gasteiger partial charge in [0.1, 0.15) is 0 Å². The van der Waals surface area contributed by atoms with Crippen LogP contribution in [0.3, 0.4) is 0 Å². The zero-order valence-electron chi connectivity index (χ0n) is 13.2. The van der Waals surface area contributed by atoms with Crippen LogP contribution in [0.1, 0.15) is 42.4 Å². The summed E-state index contributed by atoms with van der Waals surface area (Å²) in [6.45, 7) is 10.1. The number of rotatable bonds is 3. The lowest BCUT2D eigenvalue weighted by molar-refractivity contribution is 0.0767. The van der Waals surface area contributed by atoms with Crippen LogP contribution in [0.25, 0.3) is 0 Å². The predicted octanol–water partition coefficient (Wildman–Crippen LogP) is 1.42. The number of halogens is 1. The van der Waals surface area contributed by atoms with Gasteiger partial charge < -0.3 is 10.2 Å². The largest absolute Gasteiger partial charge is 0.336 e. The third-order valence-electron chi connectivity index (χ3n) is 4.63. The van der Waals surface area contributed by atoms with Gasteiger partial charge in [0.2, 0.25) is 0 Å². The maximum absolute atomic E-state index is 12.7. The molecule has 0 aromatic carbocycles. The van der Waals surface area contributed by atoms with Gasteiger partial charge in [-0.25, -0.2) is 0 Å². The Morgan fingerprint density at radius 1 is 1.32 bits per heavy atom. The highest BCUT2D eigenvalue weighted by Gasteiger charge is 2.33. The predicted molar refractivity (Wildman–Crippen MR) is 89.1 cm³/mol. The molecule has 2 saturated heterocycles. The Labute approximate surface area is 139 Å². The Morgan fingerprint density at radius 3 is 2.68 bits per heavy atom. The molecule has 2 fully saturated rings. The average Bonchev–Trinajstić information content (AvgIpc) is 3.14. The summed E-state index contributed by atoms with van der Waals surface area (Å²) in [4.78, 5) is 17.2. The molecule has 2 aliphatic heterocycles. The molecule has 2 N–H and O–H groups in total. The zero-order chi connectivity index (χ0) is 15.7. The molecule has 22 heavy (non-hydrogen) atoms. The Kier molecular flexibility index (Phi) is 4.84. The highest BCUT2D eigenvalue weighted by atomic mass is 79.9. The fourth-order valence-electron chi connectivity index (χ4n) is 3.29. The summed E-state index contributed by atoms with van der Waals surface area (Å²) in [5.41, 5.74) is 1.51. The summed E-state index contributed by atoms with van der Waals surface area (Å²) < 4.78 is 0.818. The lowest BCUT2D eigenvalue weighted by Crippen LogP contribution is -2.49. The second-order valence-corrected chi connectivity index (χ2v) is 7.23. The van der Waals surface area contributed by atoms with Crippen LogP contribution < -0.4 is 5.32 Å². The molecule has 122 valence electrons. The number of H-pyrrole nitrogens is 1. The molecule has 0 bridgehead atoms. The monoisotopic (exact) mass is 369 g/mol. The molecule has 1 aromatic heterocycles. The van der Waals surface area contributed by atoms with Gasteiger partial charge in [0.15, 0.2) is 5.69 Å². The van der Waals surface area contributed by atoms with Crippen LogP contribution in [-0.4, -0.2) is 71.2 Å². The summed E-state index contributed by atoms with van der Waals surface area (Å²) in [7, 11) is 0. The number of nitrogens with zero attached hydrogens (tertiary/aromatic N) is 3. The van der Waals surface area contributed by atoms with Gasteiger partial charge in [-0.15, -0.1) is 0 Å². The van der Waals surface area contributed by atoms with E-state index in [1.807, 2.05) is 4.90 Å². The summed E-state index contributed by atoms with van der Waals surface area (Å²) in [6, 6.07) is 0.494. The molecule has 1 amide bonds. The third-order valence-corrected chi connectivity index (χ3v) is 5.43. The Bertz CT molecular complexity index is 538. The first-order chi connectivity index (χ1) is 10.6. The van der Waals surface area contributed by atoms with Gasteiger partial charge >= 0.3 is 0 Å². The number of nitrogens with one attached hydrogen (secondary N) is 2. The van der Waals surface area contributed by atoms with Crippen molar-refractivity contribution in [3.8, 4) is 0 Å². The van der Waals surface area contributed by atoms with Gasteiger partial charge in [0.05, 0.1) is 10.2 Å². The van der Waals surface area contributed by atoms with Crippen LogP contribution in [0.5, 0.6) is 0 Å². The average molecular weight is 370 g/mol. The number of aromatic nitrogens is 2. The molecule has 1 unspecified atom stereocenters. The first-order valence-corrected chi connectivity index (χ1v) is 8.85. The van der Waals surface area contributed by atoms with Crippen LogP contribution in [0.2, 0.25) is 0 Å². The molecule has 6 nitrogen and oxygen atoms in total. The van der Waals surface area contributed by atoms with E-state index >= 15 is 0 Å². The summed E-state index contributed by atoms with van der Waals surface area (Å²) in [5.74, 6) is 0.350. The van der Waals surface area contributed by atoms with Crippen LogP contribution in [0.15, 0.2) is 4.47 Å². The molecular weight excluding hydrogens is 346 g/mol. The van der Waals surface area contributed by atoms with E-state index < -0.39 is 0 Å². The smallest absolute Gasteiger partial charge is 0.275 e. The molecule has 0 spiro atoms. The van der Waals surface area contributed by atoms with Crippen molar-refractivity contribution in [1.29, 1.82) is 0 Å². The minimum absolute atomic E-state index is 0.0349. The maximum Gasteiger partial charge on any atom is 0.275 e.